The van der Waals surface area contributed by atoms with E-state index >= 15 is 0 Å². The molecule has 4 N–H and O–H groups in total. The fourth-order valence-corrected chi connectivity index (χ4v) is 5.96. The van der Waals surface area contributed by atoms with Crippen molar-refractivity contribution < 1.29 is 18.5 Å². The highest BCUT2D eigenvalue weighted by Gasteiger charge is 2.45. The van der Waals surface area contributed by atoms with Crippen LogP contribution in [-0.2, 0) is 9.92 Å². The number of anilines is 1. The monoisotopic (exact) mass is 481 g/mol. The van der Waals surface area contributed by atoms with E-state index in [-0.39, 0.29) is 35.2 Å². The Morgan fingerprint density at radius 2 is 2.16 bits per heavy atom. The third-order valence-corrected chi connectivity index (χ3v) is 9.61. The van der Waals surface area contributed by atoms with Gasteiger partial charge in [-0.25, -0.2) is 18.5 Å². The van der Waals surface area contributed by atoms with E-state index in [0.717, 1.165) is 24.6 Å². The van der Waals surface area contributed by atoms with Gasteiger partial charge in [-0.15, -0.1) is 4.36 Å². The minimum absolute atomic E-state index is 0.0270. The Kier molecular flexibility index (Phi) is 6.47. The number of amides is 2. The maximum absolute atomic E-state index is 15.0. The van der Waals surface area contributed by atoms with Crippen LogP contribution in [0.4, 0.5) is 14.9 Å². The molecule has 8 nitrogen and oxygen atoms in total. The SMILES string of the molecule is CC(C)c1c(F)c(C#N)cc(C2CC2)c1NC(=O)N=S(N)(=O)C1(C)CN=C(C(C)(C)O)S1. The summed E-state index contributed by atoms with van der Waals surface area (Å²) in [5.74, 6) is -0.885. The van der Waals surface area contributed by atoms with Crippen LogP contribution < -0.4 is 10.5 Å². The summed E-state index contributed by atoms with van der Waals surface area (Å²) < 4.78 is 30.8. The molecule has 2 aliphatic rings. The number of thioether (sulfide) groups is 1. The molecule has 0 aromatic heterocycles. The normalized spacial score (nSPS) is 22.8. The van der Waals surface area contributed by atoms with Crippen LogP contribution in [0.1, 0.15) is 76.0 Å². The van der Waals surface area contributed by atoms with Crippen molar-refractivity contribution in [1.82, 2.24) is 0 Å². The molecule has 32 heavy (non-hydrogen) atoms. The van der Waals surface area contributed by atoms with E-state index in [9.17, 15) is 23.8 Å². The van der Waals surface area contributed by atoms with Crippen LogP contribution >= 0.6 is 11.8 Å². The summed E-state index contributed by atoms with van der Waals surface area (Å²) in [5, 5.41) is 28.5. The summed E-state index contributed by atoms with van der Waals surface area (Å²) >= 11 is 1.04. The van der Waals surface area contributed by atoms with Crippen molar-refractivity contribution in [1.29, 1.82) is 5.26 Å². The number of carbonyl (C=O) groups is 1. The molecule has 1 aliphatic heterocycles. The molecular weight excluding hydrogens is 453 g/mol. The zero-order valence-corrected chi connectivity index (χ0v) is 20.4. The van der Waals surface area contributed by atoms with E-state index in [4.69, 9.17) is 5.14 Å². The lowest BCUT2D eigenvalue weighted by molar-refractivity contribution is 0.157. The predicted molar refractivity (Wildman–Crippen MR) is 126 cm³/mol. The highest BCUT2D eigenvalue weighted by Crippen LogP contribution is 2.47. The first-order valence-corrected chi connectivity index (χ1v) is 12.7. The van der Waals surface area contributed by atoms with Crippen molar-refractivity contribution in [3.8, 4) is 6.07 Å². The Morgan fingerprint density at radius 3 is 2.62 bits per heavy atom. The summed E-state index contributed by atoms with van der Waals surface area (Å²) in [6.07, 6.45) is 1.74. The molecule has 0 bridgehead atoms. The topological polar surface area (TPSA) is 141 Å². The van der Waals surface area contributed by atoms with Crippen LogP contribution in [0.5, 0.6) is 0 Å². The fraction of sp³-hybridized carbons (Fsp3) is 0.571. The largest absolute Gasteiger partial charge is 0.384 e. The molecule has 1 aromatic rings. The number of aliphatic hydroxyl groups is 1. The Hall–Kier alpha value is -2.00. The van der Waals surface area contributed by atoms with Crippen molar-refractivity contribution in [3.63, 3.8) is 0 Å². The molecule has 1 aliphatic carbocycles. The molecule has 11 heteroatoms. The first-order valence-electron chi connectivity index (χ1n) is 10.3. The number of nitrogens with one attached hydrogen (secondary N) is 1. The third-order valence-electron chi connectivity index (χ3n) is 5.46. The van der Waals surface area contributed by atoms with Crippen LogP contribution in [0, 0.1) is 17.1 Å². The fourth-order valence-electron chi connectivity index (χ4n) is 3.49. The van der Waals surface area contributed by atoms with Gasteiger partial charge in [-0.05, 0) is 57.1 Å². The number of hydrogen-bond acceptors (Lipinski definition) is 6. The van der Waals surface area contributed by atoms with Crippen molar-refractivity contribution in [2.75, 3.05) is 11.9 Å². The number of urea groups is 1. The number of halogens is 1. The number of nitrogens with zero attached hydrogens (tertiary/aromatic N) is 3. The van der Waals surface area contributed by atoms with Crippen LogP contribution in [0.2, 0.25) is 0 Å². The second-order valence-electron chi connectivity index (χ2n) is 9.16. The smallest absolute Gasteiger partial charge is 0.354 e. The van der Waals surface area contributed by atoms with Gasteiger partial charge < -0.3 is 10.4 Å². The van der Waals surface area contributed by atoms with Crippen LogP contribution in [0.15, 0.2) is 15.4 Å². The molecule has 1 fully saturated rings. The van der Waals surface area contributed by atoms with Gasteiger partial charge in [-0.3, -0.25) is 4.99 Å². The first-order chi connectivity index (χ1) is 14.7. The number of nitrogens with two attached hydrogens (primary N) is 1. The van der Waals surface area contributed by atoms with E-state index in [1.165, 1.54) is 6.07 Å². The quantitative estimate of drug-likeness (QED) is 0.578. The van der Waals surface area contributed by atoms with Crippen molar-refractivity contribution in [2.45, 2.75) is 69.0 Å². The number of carbonyl (C=O) groups excluding carboxylic acids is 1. The van der Waals surface area contributed by atoms with Crippen molar-refractivity contribution in [3.05, 3.63) is 28.6 Å². The van der Waals surface area contributed by atoms with Gasteiger partial charge in [-0.2, -0.15) is 5.26 Å². The molecule has 0 spiro atoms. The zero-order valence-electron chi connectivity index (χ0n) is 18.7. The average Bonchev–Trinajstić information content (AvgIpc) is 3.40. The summed E-state index contributed by atoms with van der Waals surface area (Å²) in [7, 11) is -3.59. The van der Waals surface area contributed by atoms with Gasteiger partial charge in [-0.1, -0.05) is 25.6 Å². The molecule has 1 aromatic carbocycles. The van der Waals surface area contributed by atoms with Gasteiger partial charge in [0, 0.05) is 5.56 Å². The number of benzene rings is 1. The molecule has 0 saturated heterocycles. The maximum Gasteiger partial charge on any atom is 0.354 e. The minimum Gasteiger partial charge on any atom is -0.384 e. The van der Waals surface area contributed by atoms with E-state index in [0.29, 0.717) is 10.6 Å². The summed E-state index contributed by atoms with van der Waals surface area (Å²) in [6, 6.07) is 2.39. The van der Waals surface area contributed by atoms with Gasteiger partial charge in [0.2, 0.25) is 0 Å². The summed E-state index contributed by atoms with van der Waals surface area (Å²) in [4.78, 5) is 17.1. The molecule has 2 atom stereocenters. The van der Waals surface area contributed by atoms with Crippen LogP contribution in [0.3, 0.4) is 0 Å². The lowest BCUT2D eigenvalue weighted by Crippen LogP contribution is -2.40. The molecule has 174 valence electrons. The van der Waals surface area contributed by atoms with E-state index in [1.807, 2.05) is 6.07 Å². The van der Waals surface area contributed by atoms with Crippen molar-refractivity contribution >= 4 is 38.4 Å². The Balaban J connectivity index is 1.97. The lowest BCUT2D eigenvalue weighted by atomic mass is 9.92. The Morgan fingerprint density at radius 1 is 1.53 bits per heavy atom. The maximum atomic E-state index is 15.0. The van der Waals surface area contributed by atoms with E-state index in [1.54, 1.807) is 34.6 Å². The standard InChI is InChI=1S/C21H28FN5O3S2/c1-11(2)15-16(22)13(9-23)8-14(12-6-7-12)17(15)26-19(28)27-32(24,30)21(5)10-25-18(31-21)20(3,4)29/h8,11-12,29H,6-7,10H2,1-5H3,(H3,24,26,27,28,30). The predicted octanol–water partition coefficient (Wildman–Crippen LogP) is 4.20. The Labute approximate surface area is 192 Å². The van der Waals surface area contributed by atoms with Gasteiger partial charge in [0.1, 0.15) is 36.5 Å². The Bertz CT molecular complexity index is 1160. The molecule has 1 heterocycles. The average molecular weight is 482 g/mol. The second-order valence-corrected chi connectivity index (χ2v) is 13.1. The molecule has 0 radical (unpaired) electrons. The van der Waals surface area contributed by atoms with Gasteiger partial charge in [0.05, 0.1) is 17.8 Å². The molecule has 1 saturated carbocycles. The third kappa shape index (κ3) is 4.69. The zero-order chi connectivity index (χ0) is 24.1. The number of hydrogen-bond donors (Lipinski definition) is 3. The number of rotatable bonds is 5. The van der Waals surface area contributed by atoms with Gasteiger partial charge in [0.15, 0.2) is 0 Å². The first kappa shape index (κ1) is 24.6. The molecule has 2 unspecified atom stereocenters. The molecule has 2 amide bonds. The van der Waals surface area contributed by atoms with Crippen LogP contribution in [0.25, 0.3) is 0 Å². The summed E-state index contributed by atoms with van der Waals surface area (Å²) in [6.45, 7) is 8.24. The van der Waals surface area contributed by atoms with E-state index < -0.39 is 31.4 Å². The van der Waals surface area contributed by atoms with Gasteiger partial charge in [0.25, 0.3) is 0 Å². The summed E-state index contributed by atoms with van der Waals surface area (Å²) in [5.41, 5.74) is -0.147. The molecular formula is C21H28FN5O3S2. The van der Waals surface area contributed by atoms with Gasteiger partial charge >= 0.3 is 6.03 Å². The molecule has 3 rings (SSSR count). The van der Waals surface area contributed by atoms with E-state index in [2.05, 4.69) is 14.7 Å². The highest BCUT2D eigenvalue weighted by atomic mass is 32.3. The van der Waals surface area contributed by atoms with Crippen LogP contribution in [-0.4, -0.2) is 36.6 Å². The lowest BCUT2D eigenvalue weighted by Gasteiger charge is -2.25. The van der Waals surface area contributed by atoms with Crippen molar-refractivity contribution in [2.24, 2.45) is 14.5 Å². The number of aliphatic imine (C=N–C) groups is 1. The highest BCUT2D eigenvalue weighted by molar-refractivity contribution is 8.24. The minimum atomic E-state index is -3.59. The second kappa shape index (κ2) is 8.41. The number of nitriles is 1.